The number of carbonyl (C=O) groups is 1. The minimum absolute atomic E-state index is 0.544. The summed E-state index contributed by atoms with van der Waals surface area (Å²) in [7, 11) is 0. The summed E-state index contributed by atoms with van der Waals surface area (Å²) in [6, 6.07) is 6.00. The molecule has 0 saturated carbocycles. The Labute approximate surface area is 98.4 Å². The fourth-order valence-corrected chi connectivity index (χ4v) is 2.16. The van der Waals surface area contributed by atoms with Crippen molar-refractivity contribution in [2.45, 2.75) is 27.2 Å². The van der Waals surface area contributed by atoms with Crippen molar-refractivity contribution in [3.05, 3.63) is 33.8 Å². The number of aryl methyl sites for hydroxylation is 1. The number of carboxylic acid groups (broad SMARTS) is 1. The predicted octanol–water partition coefficient (Wildman–Crippen LogP) is 3.41. The fraction of sp³-hybridized carbons (Fsp3) is 0.417. The van der Waals surface area contributed by atoms with Crippen LogP contribution in [0.2, 0.25) is 0 Å². The van der Waals surface area contributed by atoms with E-state index in [1.807, 2.05) is 25.1 Å². The van der Waals surface area contributed by atoms with Crippen LogP contribution in [0.3, 0.4) is 0 Å². The average Bonchev–Trinajstić information content (AvgIpc) is 1.99. The number of rotatable bonds is 3. The number of benzene rings is 1. The Balaban J connectivity index is 2.94. The van der Waals surface area contributed by atoms with Crippen LogP contribution >= 0.6 is 15.9 Å². The van der Waals surface area contributed by atoms with E-state index < -0.39 is 11.4 Å². The van der Waals surface area contributed by atoms with Gasteiger partial charge in [-0.25, -0.2) is 0 Å². The van der Waals surface area contributed by atoms with E-state index in [1.165, 1.54) is 0 Å². The van der Waals surface area contributed by atoms with Crippen molar-refractivity contribution in [3.8, 4) is 0 Å². The molecule has 2 nitrogen and oxygen atoms in total. The second-order valence-corrected chi connectivity index (χ2v) is 5.42. The van der Waals surface area contributed by atoms with Gasteiger partial charge < -0.3 is 5.11 Å². The molecule has 0 saturated heterocycles. The molecule has 1 N–H and O–H groups in total. The predicted molar refractivity (Wildman–Crippen MR) is 64.0 cm³/mol. The Morgan fingerprint density at radius 3 is 2.47 bits per heavy atom. The van der Waals surface area contributed by atoms with Gasteiger partial charge in [-0.15, -0.1) is 0 Å². The smallest absolute Gasteiger partial charge is 0.309 e. The molecule has 0 heterocycles. The Kier molecular flexibility index (Phi) is 3.55. The second-order valence-electron chi connectivity index (χ2n) is 4.50. The lowest BCUT2D eigenvalue weighted by Crippen LogP contribution is -2.26. The van der Waals surface area contributed by atoms with E-state index in [-0.39, 0.29) is 0 Å². The molecule has 0 unspecified atom stereocenters. The molecule has 15 heavy (non-hydrogen) atoms. The summed E-state index contributed by atoms with van der Waals surface area (Å²) in [6.07, 6.45) is 0.544. The van der Waals surface area contributed by atoms with Gasteiger partial charge in [-0.05, 0) is 50.5 Å². The Hall–Kier alpha value is -0.830. The molecule has 0 aromatic heterocycles. The standard InChI is InChI=1S/C12H15BrO2/c1-8-4-9(6-10(13)5-8)7-12(2,3)11(14)15/h4-6H,7H2,1-3H3,(H,14,15). The van der Waals surface area contributed by atoms with Gasteiger partial charge in [-0.1, -0.05) is 22.0 Å². The Morgan fingerprint density at radius 1 is 1.40 bits per heavy atom. The van der Waals surface area contributed by atoms with Crippen LogP contribution in [0, 0.1) is 12.3 Å². The lowest BCUT2D eigenvalue weighted by Gasteiger charge is -2.19. The molecule has 0 aliphatic rings. The maximum atomic E-state index is 11.0. The molecule has 0 amide bonds. The van der Waals surface area contributed by atoms with Crippen LogP contribution in [0.25, 0.3) is 0 Å². The maximum absolute atomic E-state index is 11.0. The minimum atomic E-state index is -0.764. The van der Waals surface area contributed by atoms with Crippen molar-refractivity contribution < 1.29 is 9.90 Å². The molecule has 82 valence electrons. The molecule has 0 radical (unpaired) electrons. The topological polar surface area (TPSA) is 37.3 Å². The first-order chi connectivity index (χ1) is 6.81. The van der Waals surface area contributed by atoms with E-state index in [1.54, 1.807) is 13.8 Å². The van der Waals surface area contributed by atoms with Crippen molar-refractivity contribution in [1.29, 1.82) is 0 Å². The minimum Gasteiger partial charge on any atom is -0.481 e. The van der Waals surface area contributed by atoms with Crippen molar-refractivity contribution >= 4 is 21.9 Å². The Bertz CT molecular complexity index is 363. The molecule has 1 aromatic carbocycles. The zero-order valence-electron chi connectivity index (χ0n) is 9.17. The molecule has 1 aromatic rings. The number of halogens is 1. The average molecular weight is 271 g/mol. The number of hydrogen-bond acceptors (Lipinski definition) is 1. The van der Waals surface area contributed by atoms with Crippen LogP contribution < -0.4 is 0 Å². The van der Waals surface area contributed by atoms with E-state index in [4.69, 9.17) is 5.11 Å². The van der Waals surface area contributed by atoms with Gasteiger partial charge in [0.15, 0.2) is 0 Å². The molecule has 0 bridgehead atoms. The summed E-state index contributed by atoms with van der Waals surface area (Å²) < 4.78 is 0.999. The highest BCUT2D eigenvalue weighted by atomic mass is 79.9. The van der Waals surface area contributed by atoms with Gasteiger partial charge in [0.2, 0.25) is 0 Å². The van der Waals surface area contributed by atoms with Crippen molar-refractivity contribution in [2.24, 2.45) is 5.41 Å². The van der Waals surface area contributed by atoms with Crippen molar-refractivity contribution in [1.82, 2.24) is 0 Å². The van der Waals surface area contributed by atoms with Gasteiger partial charge >= 0.3 is 5.97 Å². The van der Waals surface area contributed by atoms with Crippen LogP contribution in [-0.4, -0.2) is 11.1 Å². The third-order valence-electron chi connectivity index (χ3n) is 2.33. The highest BCUT2D eigenvalue weighted by Crippen LogP contribution is 2.24. The molecule has 0 aliphatic heterocycles. The van der Waals surface area contributed by atoms with Gasteiger partial charge in [0.1, 0.15) is 0 Å². The summed E-state index contributed by atoms with van der Waals surface area (Å²) in [5.41, 5.74) is 1.47. The van der Waals surface area contributed by atoms with Crippen molar-refractivity contribution in [3.63, 3.8) is 0 Å². The number of carboxylic acids is 1. The maximum Gasteiger partial charge on any atom is 0.309 e. The quantitative estimate of drug-likeness (QED) is 0.914. The molecule has 1 rings (SSSR count). The molecule has 0 atom stereocenters. The third kappa shape index (κ3) is 3.34. The van der Waals surface area contributed by atoms with Crippen LogP contribution in [0.5, 0.6) is 0 Å². The van der Waals surface area contributed by atoms with E-state index in [0.717, 1.165) is 15.6 Å². The van der Waals surface area contributed by atoms with Crippen LogP contribution in [0.15, 0.2) is 22.7 Å². The molecule has 0 aliphatic carbocycles. The Morgan fingerprint density at radius 2 is 2.00 bits per heavy atom. The summed E-state index contributed by atoms with van der Waals surface area (Å²) in [6.45, 7) is 5.49. The molecule has 0 fully saturated rings. The second kappa shape index (κ2) is 4.35. The van der Waals surface area contributed by atoms with Crippen LogP contribution in [0.1, 0.15) is 25.0 Å². The van der Waals surface area contributed by atoms with E-state index in [2.05, 4.69) is 15.9 Å². The summed E-state index contributed by atoms with van der Waals surface area (Å²) >= 11 is 3.41. The van der Waals surface area contributed by atoms with Crippen LogP contribution in [-0.2, 0) is 11.2 Å². The summed E-state index contributed by atoms with van der Waals surface area (Å²) in [4.78, 5) is 11.0. The summed E-state index contributed by atoms with van der Waals surface area (Å²) in [5.74, 6) is -0.764. The lowest BCUT2D eigenvalue weighted by molar-refractivity contribution is -0.146. The van der Waals surface area contributed by atoms with Gasteiger partial charge in [0.25, 0.3) is 0 Å². The van der Waals surface area contributed by atoms with Gasteiger partial charge in [-0.2, -0.15) is 0 Å². The van der Waals surface area contributed by atoms with Gasteiger partial charge in [-0.3, -0.25) is 4.79 Å². The largest absolute Gasteiger partial charge is 0.481 e. The fourth-order valence-electron chi connectivity index (χ4n) is 1.50. The zero-order valence-corrected chi connectivity index (χ0v) is 10.8. The first-order valence-corrected chi connectivity index (χ1v) is 5.60. The third-order valence-corrected chi connectivity index (χ3v) is 2.78. The SMILES string of the molecule is Cc1cc(Br)cc(CC(C)(C)C(=O)O)c1. The summed E-state index contributed by atoms with van der Waals surface area (Å²) in [5, 5.41) is 9.03. The van der Waals surface area contributed by atoms with Crippen LogP contribution in [0.4, 0.5) is 0 Å². The highest BCUT2D eigenvalue weighted by Gasteiger charge is 2.27. The van der Waals surface area contributed by atoms with E-state index in [0.29, 0.717) is 6.42 Å². The monoisotopic (exact) mass is 270 g/mol. The van der Waals surface area contributed by atoms with E-state index >= 15 is 0 Å². The first-order valence-electron chi connectivity index (χ1n) is 4.81. The van der Waals surface area contributed by atoms with E-state index in [9.17, 15) is 4.79 Å². The van der Waals surface area contributed by atoms with Gasteiger partial charge in [0.05, 0.1) is 5.41 Å². The number of hydrogen-bond donors (Lipinski definition) is 1. The van der Waals surface area contributed by atoms with Gasteiger partial charge in [0, 0.05) is 4.47 Å². The molecule has 3 heteroatoms. The first kappa shape index (κ1) is 12.2. The van der Waals surface area contributed by atoms with Crippen molar-refractivity contribution in [2.75, 3.05) is 0 Å². The molecular weight excluding hydrogens is 256 g/mol. The number of aliphatic carboxylic acids is 1. The lowest BCUT2D eigenvalue weighted by atomic mass is 9.85. The molecular formula is C12H15BrO2. The zero-order chi connectivity index (χ0) is 11.6. The highest BCUT2D eigenvalue weighted by molar-refractivity contribution is 9.10. The molecule has 0 spiro atoms. The normalized spacial score (nSPS) is 11.5.